The average Bonchev–Trinajstić information content (AvgIpc) is 4.19. The first-order valence-electron chi connectivity index (χ1n) is 23.5. The van der Waals surface area contributed by atoms with Gasteiger partial charge in [-0.15, -0.1) is 11.3 Å². The molecule has 16 nitrogen and oxygen atoms in total. The van der Waals surface area contributed by atoms with E-state index in [1.54, 1.807) is 43.8 Å². The van der Waals surface area contributed by atoms with E-state index in [9.17, 15) is 56.2 Å². The van der Waals surface area contributed by atoms with Crippen LogP contribution in [0.2, 0.25) is 5.02 Å². The summed E-state index contributed by atoms with van der Waals surface area (Å²) in [4.78, 5) is 108. The summed E-state index contributed by atoms with van der Waals surface area (Å²) in [6.07, 6.45) is -3.17. The summed E-state index contributed by atoms with van der Waals surface area (Å²) in [5.41, 5.74) is -2.36. The third-order valence-electron chi connectivity index (χ3n) is 13.4. The number of carbonyl (C=O) groups is 7. The van der Waals surface area contributed by atoms with Crippen LogP contribution < -0.4 is 21.3 Å². The van der Waals surface area contributed by atoms with Crippen molar-refractivity contribution in [2.24, 2.45) is 17.8 Å². The Hall–Kier alpha value is -4.89. The number of alkyl halides is 4. The summed E-state index contributed by atoms with van der Waals surface area (Å²) in [6.45, 7) is 6.36. The fourth-order valence-electron chi connectivity index (χ4n) is 8.90. The van der Waals surface area contributed by atoms with Gasteiger partial charge in [0.1, 0.15) is 41.9 Å². The molecule has 0 bridgehead atoms. The van der Waals surface area contributed by atoms with Crippen molar-refractivity contribution in [3.63, 3.8) is 0 Å². The van der Waals surface area contributed by atoms with Crippen LogP contribution in [0.15, 0.2) is 29.9 Å². The topological polar surface area (TPSA) is 210 Å². The fourth-order valence-corrected chi connectivity index (χ4v) is 9.78. The van der Waals surface area contributed by atoms with Crippen LogP contribution >= 0.6 is 22.9 Å². The summed E-state index contributed by atoms with van der Waals surface area (Å²) in [5, 5.41) is 21.8. The van der Waals surface area contributed by atoms with Crippen molar-refractivity contribution in [2.75, 3.05) is 26.7 Å². The molecule has 2 saturated heterocycles. The number of nitrogens with one attached hydrogen (secondary N) is 4. The Morgan fingerprint density at radius 3 is 2.36 bits per heavy atom. The molecule has 7 amide bonds. The molecule has 2 saturated carbocycles. The average molecular weight is 1010 g/mol. The van der Waals surface area contributed by atoms with E-state index in [1.807, 2.05) is 13.8 Å². The maximum Gasteiger partial charge on any atom is 0.426 e. The standard InChI is InChI=1S/C47H63ClF4N8O8S/c1-25(2)17-32-41(64)58(6)34(19-28-18-29(48)14-15-31(28)36-21-53-24-69-36)40(63)57-45(3,4)43(66)54-16-8-7-9-33(38(61)55-32)59(22-26-10-11-26)42(65)37(27-12-13-27)56-39(62)35-20-30(49)23-60(35)44(67)46(5,68)47(50,51)52/h14-15,18,21,24-27,30,32-35,37,68H,7-13,16-17,19-20,22-23H2,1-6H3,(H,54,66)(H,55,61)(H,56,62)(H,57,63)/t30-,32+,33+,34+,35+,37+,46-/m1/s1. The maximum atomic E-state index is 15.0. The Kier molecular flexibility index (Phi) is 16.8. The predicted octanol–water partition coefficient (Wildman–Crippen LogP) is 4.31. The van der Waals surface area contributed by atoms with Gasteiger partial charge in [-0.25, -0.2) is 4.39 Å². The van der Waals surface area contributed by atoms with E-state index in [4.69, 9.17) is 11.6 Å². The molecule has 22 heteroatoms. The maximum absolute atomic E-state index is 15.0. The molecule has 4 aliphatic rings. The Labute approximate surface area is 408 Å². The van der Waals surface area contributed by atoms with Gasteiger partial charge in [-0.2, -0.15) is 13.2 Å². The zero-order chi connectivity index (χ0) is 50.7. The molecule has 380 valence electrons. The zero-order valence-electron chi connectivity index (χ0n) is 39.7. The molecule has 0 radical (unpaired) electrons. The van der Waals surface area contributed by atoms with Crippen molar-refractivity contribution < 1.29 is 56.2 Å². The van der Waals surface area contributed by atoms with E-state index in [0.29, 0.717) is 41.2 Å². The van der Waals surface area contributed by atoms with Crippen LogP contribution in [-0.4, -0.2) is 147 Å². The Morgan fingerprint density at radius 1 is 1.06 bits per heavy atom. The van der Waals surface area contributed by atoms with E-state index >= 15 is 0 Å². The van der Waals surface area contributed by atoms with Crippen LogP contribution in [0.3, 0.4) is 0 Å². The number of hydrogen-bond acceptors (Lipinski definition) is 10. The van der Waals surface area contributed by atoms with Gasteiger partial charge in [0.2, 0.25) is 41.0 Å². The largest absolute Gasteiger partial charge is 0.426 e. The molecule has 1 aromatic carbocycles. The minimum Gasteiger partial charge on any atom is -0.373 e. The van der Waals surface area contributed by atoms with Crippen LogP contribution in [0.25, 0.3) is 10.4 Å². The van der Waals surface area contributed by atoms with Gasteiger partial charge >= 0.3 is 6.18 Å². The summed E-state index contributed by atoms with van der Waals surface area (Å²) in [7, 11) is 1.44. The molecule has 0 unspecified atom stereocenters. The number of nitrogens with zero attached hydrogens (tertiary/aromatic N) is 4. The van der Waals surface area contributed by atoms with Crippen molar-refractivity contribution in [1.82, 2.24) is 41.0 Å². The molecular formula is C47H63ClF4N8O8S. The third kappa shape index (κ3) is 12.9. The lowest BCUT2D eigenvalue weighted by atomic mass is 9.95. The van der Waals surface area contributed by atoms with Crippen molar-refractivity contribution in [2.45, 2.75) is 153 Å². The van der Waals surface area contributed by atoms with Crippen molar-refractivity contribution in [3.05, 3.63) is 40.5 Å². The highest BCUT2D eigenvalue weighted by molar-refractivity contribution is 7.13. The number of likely N-dealkylation sites (N-methyl/N-ethyl adjacent to an activating group) is 1. The molecule has 2 aliphatic carbocycles. The zero-order valence-corrected chi connectivity index (χ0v) is 41.2. The van der Waals surface area contributed by atoms with Crippen LogP contribution in [0, 0.1) is 17.8 Å². The second-order valence-electron chi connectivity index (χ2n) is 20.0. The molecule has 7 atom stereocenters. The van der Waals surface area contributed by atoms with Crippen molar-refractivity contribution >= 4 is 64.3 Å². The molecule has 1 aromatic heterocycles. The summed E-state index contributed by atoms with van der Waals surface area (Å²) >= 11 is 7.86. The molecule has 5 N–H and O–H groups in total. The SMILES string of the molecule is CC(C)C[C@@H]1NC(=O)[C@@H](N(CC2CC2)C(=O)[C@@H](NC(=O)[C@@H]2C[C@@H](F)CN2C(=O)[C@@](C)(O)C(F)(F)F)C2CC2)CCCCNC(=O)C(C)(C)NC(=O)[C@H](Cc2cc(Cl)ccc2-c2cncs2)N(C)C1=O. The van der Waals surface area contributed by atoms with Crippen LogP contribution in [0.5, 0.6) is 0 Å². The predicted molar refractivity (Wildman–Crippen MR) is 248 cm³/mol. The molecule has 4 fully saturated rings. The Balaban J connectivity index is 1.33. The van der Waals surface area contributed by atoms with Gasteiger partial charge < -0.3 is 41.1 Å². The van der Waals surface area contributed by atoms with Crippen molar-refractivity contribution in [1.29, 1.82) is 0 Å². The van der Waals surface area contributed by atoms with E-state index in [1.165, 1.54) is 28.2 Å². The van der Waals surface area contributed by atoms with E-state index in [0.717, 1.165) is 23.3 Å². The molecule has 2 aromatic rings. The summed E-state index contributed by atoms with van der Waals surface area (Å²) in [5.74, 6) is -6.75. The number of aromatic nitrogens is 1. The van der Waals surface area contributed by atoms with E-state index in [-0.39, 0.29) is 51.1 Å². The number of halogens is 5. The first kappa shape index (κ1) is 53.5. The van der Waals surface area contributed by atoms with Gasteiger partial charge in [-0.05, 0) is 113 Å². The summed E-state index contributed by atoms with van der Waals surface area (Å²) < 4.78 is 56.1. The van der Waals surface area contributed by atoms with Crippen LogP contribution in [0.4, 0.5) is 17.6 Å². The molecule has 69 heavy (non-hydrogen) atoms. The van der Waals surface area contributed by atoms with Gasteiger partial charge in [0, 0.05) is 44.2 Å². The first-order chi connectivity index (χ1) is 32.3. The normalized spacial score (nSPS) is 25.6. The van der Waals surface area contributed by atoms with E-state index in [2.05, 4.69) is 26.3 Å². The Morgan fingerprint density at radius 2 is 1.75 bits per heavy atom. The first-order valence-corrected chi connectivity index (χ1v) is 24.8. The highest BCUT2D eigenvalue weighted by Gasteiger charge is 2.60. The lowest BCUT2D eigenvalue weighted by Gasteiger charge is -2.37. The van der Waals surface area contributed by atoms with E-state index < -0.39 is 114 Å². The van der Waals surface area contributed by atoms with Gasteiger partial charge in [-0.3, -0.25) is 38.5 Å². The number of aliphatic hydroxyl groups is 1. The molecule has 6 rings (SSSR count). The van der Waals surface area contributed by atoms with Gasteiger partial charge in [0.05, 0.1) is 16.9 Å². The highest BCUT2D eigenvalue weighted by atomic mass is 35.5. The molecular weight excluding hydrogens is 948 g/mol. The molecule has 3 heterocycles. The number of thiazole rings is 1. The van der Waals surface area contributed by atoms with Gasteiger partial charge in [0.15, 0.2) is 0 Å². The number of likely N-dealkylation sites (tertiary alicyclic amines) is 1. The fraction of sp³-hybridized carbons (Fsp3) is 0.660. The number of carbonyl (C=O) groups excluding carboxylic acids is 7. The highest BCUT2D eigenvalue weighted by Crippen LogP contribution is 2.38. The van der Waals surface area contributed by atoms with Crippen LogP contribution in [-0.2, 0) is 40.0 Å². The van der Waals surface area contributed by atoms with Crippen LogP contribution in [0.1, 0.15) is 98.0 Å². The smallest absolute Gasteiger partial charge is 0.373 e. The third-order valence-corrected chi connectivity index (χ3v) is 14.4. The number of benzene rings is 1. The van der Waals surface area contributed by atoms with Gasteiger partial charge in [0.25, 0.3) is 5.91 Å². The number of amides is 7. The quantitative estimate of drug-likeness (QED) is 0.181. The van der Waals surface area contributed by atoms with Crippen molar-refractivity contribution in [3.8, 4) is 10.4 Å². The second-order valence-corrected chi connectivity index (χ2v) is 21.4. The van der Waals surface area contributed by atoms with Gasteiger partial charge in [-0.1, -0.05) is 31.5 Å². The number of rotatable bonds is 13. The lowest BCUT2D eigenvalue weighted by Crippen LogP contribution is -2.63. The lowest BCUT2D eigenvalue weighted by molar-refractivity contribution is -0.250. The molecule has 2 aliphatic heterocycles. The minimum absolute atomic E-state index is 0.0149. The second kappa shape index (κ2) is 21.6. The summed E-state index contributed by atoms with van der Waals surface area (Å²) in [6, 6.07) is -1.58. The Bertz CT molecular complexity index is 2240. The molecule has 0 spiro atoms. The monoisotopic (exact) mass is 1010 g/mol. The minimum atomic E-state index is -5.43. The number of hydrogen-bond donors (Lipinski definition) is 5.